The SMILES string of the molecule is CC[C@@H](C)[C@@H](C[C@H](O)CC(=O)O[C@@H]1[C@H](O)[C@@H](O[C@@H]2O[C@@H](C)[C@H](O[C@@H]3OC[C@@H](O)[C@H](O[C@@H]4OC[C@](O)(CO)[C@H]4O)[C@H]3O)[C@@H](O)[C@H]2O)[C@H](OC(=O)[C@]23CCC(C)(C)C[C@H]2C2=CC[C@@H]4[C@@]5(C)CC[C@H](O[C@@H]6O[C@H](C(=O)O)[C@@H](O)[C@H](O[C@@H]7O[C@@H](C)[C@H](O)[C@@H](O)[C@H]7O)[C@H]6O[C@@H]6O[C@H](CO)[C@H](O)[C@H](O)[C@H]6O)[C@@](C)(C=O)[C@@H]5CC[C@@]4(C)[C@]2(C)C[C@H]3O)O[C@@H]1C)OC(=O)C[C@@H](O)C[C@H](O[C@@H]1O[C@@H](CO)[C@H](O)[C@H]1O)[C@@H](C)CC. The number of carbonyl (C=O) groups excluding carboxylic acids is 4. The zero-order valence-electron chi connectivity index (χ0n) is 80.5. The molecular formula is C93H150O46. The fraction of sp³-hybridized carbons (Fsp3) is 0.925. The lowest BCUT2D eigenvalue weighted by Gasteiger charge is -2.71. The maximum Gasteiger partial charge on any atom is 0.335 e. The highest BCUT2D eigenvalue weighted by Gasteiger charge is 2.74. The molecule has 0 aromatic rings. The fourth-order valence-corrected chi connectivity index (χ4v) is 24.4. The van der Waals surface area contributed by atoms with Gasteiger partial charge in [0.15, 0.2) is 62.3 Å². The fourth-order valence-electron chi connectivity index (χ4n) is 24.4. The van der Waals surface area contributed by atoms with E-state index in [0.29, 0.717) is 51.4 Å². The average Bonchev–Trinajstić information content (AvgIpc) is 0.907. The first kappa shape index (κ1) is 112. The van der Waals surface area contributed by atoms with Crippen molar-refractivity contribution in [2.24, 2.45) is 62.1 Å². The van der Waals surface area contributed by atoms with Crippen molar-refractivity contribution in [3.05, 3.63) is 11.6 Å². The van der Waals surface area contributed by atoms with Crippen molar-refractivity contribution in [2.45, 2.75) is 444 Å². The first-order valence-corrected chi connectivity index (χ1v) is 48.7. The minimum Gasteiger partial charge on any atom is -0.479 e. The number of carbonyl (C=O) groups is 5. The summed E-state index contributed by atoms with van der Waals surface area (Å²) in [6.07, 6.45) is -67.9. The van der Waals surface area contributed by atoms with Gasteiger partial charge >= 0.3 is 23.9 Å². The van der Waals surface area contributed by atoms with Crippen molar-refractivity contribution in [2.75, 3.05) is 33.0 Å². The van der Waals surface area contributed by atoms with Crippen molar-refractivity contribution in [1.82, 2.24) is 0 Å². The third-order valence-corrected chi connectivity index (χ3v) is 33.6. The summed E-state index contributed by atoms with van der Waals surface area (Å²) in [4.78, 5) is 72.2. The van der Waals surface area contributed by atoms with E-state index in [4.69, 9.17) is 85.3 Å². The van der Waals surface area contributed by atoms with E-state index in [1.807, 2.05) is 20.8 Å². The molecule has 13 rings (SSSR count). The van der Waals surface area contributed by atoms with Crippen LogP contribution in [0.3, 0.4) is 0 Å². The molecule has 8 heterocycles. The number of aldehydes is 1. The third kappa shape index (κ3) is 21.6. The number of ether oxygens (including phenoxy) is 18. The second-order valence-corrected chi connectivity index (χ2v) is 43.0. The van der Waals surface area contributed by atoms with Gasteiger partial charge in [-0.15, -0.1) is 0 Å². The number of aliphatic hydroxyl groups is 22. The molecule has 0 aromatic carbocycles. The maximum absolute atomic E-state index is 16.4. The number of allylic oxidation sites excluding steroid dienone is 2. The van der Waals surface area contributed by atoms with Crippen LogP contribution in [0.15, 0.2) is 11.6 Å². The normalized spacial score (nSPS) is 49.0. The average molecular weight is 2000 g/mol. The van der Waals surface area contributed by atoms with Gasteiger partial charge in [-0.05, 0) is 130 Å². The Kier molecular flexibility index (Phi) is 35.7. The first-order chi connectivity index (χ1) is 65.2. The van der Waals surface area contributed by atoms with Gasteiger partial charge in [0.2, 0.25) is 6.29 Å². The molecule has 13 aliphatic rings. The van der Waals surface area contributed by atoms with E-state index in [0.717, 1.165) is 11.9 Å². The van der Waals surface area contributed by atoms with Crippen LogP contribution in [0.1, 0.15) is 186 Å². The summed E-state index contributed by atoms with van der Waals surface area (Å²) >= 11 is 0. The van der Waals surface area contributed by atoms with Gasteiger partial charge in [0.25, 0.3) is 0 Å². The molecule has 8 saturated heterocycles. The molecule has 0 unspecified atom stereocenters. The molecule has 139 heavy (non-hydrogen) atoms. The third-order valence-electron chi connectivity index (χ3n) is 33.6. The monoisotopic (exact) mass is 2000 g/mol. The summed E-state index contributed by atoms with van der Waals surface area (Å²) in [5, 5.41) is 257. The van der Waals surface area contributed by atoms with Crippen LogP contribution in [-0.2, 0) is 109 Å². The lowest BCUT2D eigenvalue weighted by molar-refractivity contribution is -0.394. The minimum absolute atomic E-state index is 0.0119. The number of hydrogen-bond acceptors (Lipinski definition) is 45. The van der Waals surface area contributed by atoms with E-state index in [1.165, 1.54) is 20.8 Å². The number of hydrogen-bond donors (Lipinski definition) is 23. The van der Waals surface area contributed by atoms with Gasteiger partial charge < -0.3 is 208 Å². The van der Waals surface area contributed by atoms with Gasteiger partial charge in [-0.2, -0.15) is 0 Å². The van der Waals surface area contributed by atoms with Crippen LogP contribution >= 0.6 is 0 Å². The Balaban J connectivity index is 0.750. The highest BCUT2D eigenvalue weighted by molar-refractivity contribution is 5.80. The summed E-state index contributed by atoms with van der Waals surface area (Å²) in [6.45, 7) is 19.5. The van der Waals surface area contributed by atoms with Crippen molar-refractivity contribution in [1.29, 1.82) is 0 Å². The molecule has 0 aromatic heterocycles. The molecular weight excluding hydrogens is 1850 g/mol. The Morgan fingerprint density at radius 3 is 1.67 bits per heavy atom. The molecule has 12 fully saturated rings. The Hall–Kier alpha value is -4.19. The molecule has 46 nitrogen and oxygen atoms in total. The minimum atomic E-state index is -2.27. The van der Waals surface area contributed by atoms with Gasteiger partial charge in [-0.3, -0.25) is 14.4 Å². The Labute approximate surface area is 804 Å². The molecule has 0 bridgehead atoms. The number of fused-ring (bicyclic) bond motifs is 7. The Bertz CT molecular complexity index is 4140. The van der Waals surface area contributed by atoms with Crippen molar-refractivity contribution < 1.29 is 227 Å². The van der Waals surface area contributed by atoms with Crippen LogP contribution in [-0.4, -0.2) is 438 Å². The van der Waals surface area contributed by atoms with Crippen molar-refractivity contribution >= 4 is 30.2 Å². The molecule has 8 aliphatic heterocycles. The number of carboxylic acid groups (broad SMARTS) is 1. The molecule has 0 spiro atoms. The lowest BCUT2D eigenvalue weighted by atomic mass is 9.33. The predicted octanol–water partition coefficient (Wildman–Crippen LogP) is -5.30. The lowest BCUT2D eigenvalue weighted by Crippen LogP contribution is -2.69. The largest absolute Gasteiger partial charge is 0.479 e. The predicted molar refractivity (Wildman–Crippen MR) is 463 cm³/mol. The van der Waals surface area contributed by atoms with Crippen LogP contribution in [0.2, 0.25) is 0 Å². The van der Waals surface area contributed by atoms with E-state index >= 15 is 4.79 Å². The van der Waals surface area contributed by atoms with Gasteiger partial charge in [0.1, 0.15) is 152 Å². The second kappa shape index (κ2) is 44.3. The topological polar surface area (TPSA) is 717 Å². The maximum atomic E-state index is 16.4. The number of rotatable bonds is 35. The molecule has 52 atom stereocenters. The van der Waals surface area contributed by atoms with Gasteiger partial charge in [0.05, 0.1) is 100 Å². The number of esters is 3. The molecule has 0 radical (unpaired) electrons. The van der Waals surface area contributed by atoms with Crippen LogP contribution in [0, 0.1) is 62.1 Å². The summed E-state index contributed by atoms with van der Waals surface area (Å²) in [5.74, 6) is -7.26. The molecule has 23 N–H and O–H groups in total. The van der Waals surface area contributed by atoms with Crippen molar-refractivity contribution in [3.8, 4) is 0 Å². The van der Waals surface area contributed by atoms with Gasteiger partial charge in [0, 0.05) is 12.8 Å². The zero-order valence-corrected chi connectivity index (χ0v) is 80.5. The number of carboxylic acids is 1. The number of aliphatic hydroxyl groups excluding tert-OH is 21. The Morgan fingerprint density at radius 2 is 1.05 bits per heavy atom. The van der Waals surface area contributed by atoms with Crippen LogP contribution < -0.4 is 0 Å². The van der Waals surface area contributed by atoms with E-state index in [-0.39, 0.29) is 43.9 Å². The molecule has 4 saturated carbocycles. The van der Waals surface area contributed by atoms with E-state index < -0.39 is 377 Å². The highest BCUT2D eigenvalue weighted by Crippen LogP contribution is 2.76. The van der Waals surface area contributed by atoms with Crippen molar-refractivity contribution in [3.63, 3.8) is 0 Å². The molecule has 0 amide bonds. The standard InChI is InChI=1S/C93H150O46/c1-14-36(3)46(127-54(102)26-42(99)25-47(37(4)15-2)128-81-62(110)58(106)49(31-95)129-81)24-41(98)27-55(103)132-70-40(7)126-83(74(66(70)114)137-80-65(113)61(109)69(39(6)125-80)133-78-68(116)71(45(100)32-122-78)134-85-76(117)92(121,34-97)35-123-85)139-86(120)93-23-22-87(8,9)28-44(93)43-16-17-51-88(10)20-19-53(89(11,33-96)50(88)18-21-90(51,12)91(43,13)29-52(93)101)131-84-75(138-82-64(112)60(108)57(105)48(30-94)130-82)72(67(115)73(136-84)77(118)119)135-79-63(111)59(107)56(104)38(5)124-79/h16,33,36-42,44-53,56-76,78-85,94-95,97-101,104-117,121H,14-15,17-32,34-35H2,1-13H3,(H,118,119)/t36-,37+,38+,39+,40-,41+,42+,44+,45-,46-,47+,48-,49+,50-,51-,52-,53+,56+,57+,58+,59-,60+,61+,62-,63-,64-,65-,66+,67+,68-,69+,70+,71+,72+,73+,74-,75-,76+,78+,79+,80+,81-,82+,83+,84-,85+,88+,89+,90-,91-,92-,93-/m1/s1. The second-order valence-electron chi connectivity index (χ2n) is 43.0. The summed E-state index contributed by atoms with van der Waals surface area (Å²) < 4.78 is 109. The van der Waals surface area contributed by atoms with Crippen LogP contribution in [0.5, 0.6) is 0 Å². The highest BCUT2D eigenvalue weighted by atomic mass is 16.8. The summed E-state index contributed by atoms with van der Waals surface area (Å²) in [7, 11) is 0. The smallest absolute Gasteiger partial charge is 0.335 e. The number of aliphatic carboxylic acids is 1. The molecule has 5 aliphatic carbocycles. The quantitative estimate of drug-likeness (QED) is 0.00926. The first-order valence-electron chi connectivity index (χ1n) is 48.7. The van der Waals surface area contributed by atoms with Gasteiger partial charge in [-0.1, -0.05) is 93.7 Å². The van der Waals surface area contributed by atoms with E-state index in [1.54, 1.807) is 27.7 Å². The van der Waals surface area contributed by atoms with E-state index in [2.05, 4.69) is 26.8 Å². The molecule has 46 heteroatoms. The van der Waals surface area contributed by atoms with Gasteiger partial charge in [-0.25, -0.2) is 4.79 Å². The van der Waals surface area contributed by atoms with E-state index in [9.17, 15) is 137 Å². The van der Waals surface area contributed by atoms with Crippen LogP contribution in [0.4, 0.5) is 0 Å². The zero-order chi connectivity index (χ0) is 102. The molecule has 798 valence electrons. The van der Waals surface area contributed by atoms with Crippen LogP contribution in [0.25, 0.3) is 0 Å². The summed E-state index contributed by atoms with van der Waals surface area (Å²) in [5.41, 5.74) is -7.72. The summed E-state index contributed by atoms with van der Waals surface area (Å²) in [6, 6.07) is 0. The Morgan fingerprint density at radius 1 is 0.504 bits per heavy atom.